The fourth-order valence-electron chi connectivity index (χ4n) is 4.99. The number of aromatic hydroxyl groups is 1. The van der Waals surface area contributed by atoms with Crippen molar-refractivity contribution in [2.24, 2.45) is 0 Å². The maximum Gasteiger partial charge on any atom is 0.273 e. The standard InChI is InChI=1S/C25H27N3O4/c1-14-10-15(2)20(19(29)11-14)22-21-23(27-26-22)25(30)28(13-18-8-5-9-32-18)24(21)16-6-4-7-17(12-16)31-3/h4,6-7,10-12,18,24,29H,5,8-9,13H2,1-3H3,(H,26,27). The predicted molar refractivity (Wildman–Crippen MR) is 120 cm³/mol. The van der Waals surface area contributed by atoms with E-state index in [1.165, 1.54) is 0 Å². The lowest BCUT2D eigenvalue weighted by Crippen LogP contribution is -2.36. The molecule has 2 aromatic carbocycles. The first-order valence-corrected chi connectivity index (χ1v) is 10.9. The lowest BCUT2D eigenvalue weighted by atomic mass is 9.93. The summed E-state index contributed by atoms with van der Waals surface area (Å²) in [6.07, 6.45) is 1.96. The number of carbonyl (C=O) groups excluding carboxylic acids is 1. The number of phenolic OH excluding ortho intramolecular Hbond substituents is 1. The van der Waals surface area contributed by atoms with Crippen LogP contribution >= 0.6 is 0 Å². The summed E-state index contributed by atoms with van der Waals surface area (Å²) in [4.78, 5) is 15.4. The number of H-pyrrole nitrogens is 1. The third kappa shape index (κ3) is 3.33. The Balaban J connectivity index is 1.67. The van der Waals surface area contributed by atoms with Crippen LogP contribution in [0.4, 0.5) is 0 Å². The van der Waals surface area contributed by atoms with Crippen LogP contribution in [0.15, 0.2) is 36.4 Å². The van der Waals surface area contributed by atoms with Crippen molar-refractivity contribution in [3.8, 4) is 22.8 Å². The number of phenols is 1. The van der Waals surface area contributed by atoms with Crippen molar-refractivity contribution in [1.82, 2.24) is 15.1 Å². The number of hydrogen-bond donors (Lipinski definition) is 2. The highest BCUT2D eigenvalue weighted by atomic mass is 16.5. The van der Waals surface area contributed by atoms with Gasteiger partial charge in [0.15, 0.2) is 0 Å². The molecule has 5 rings (SSSR count). The van der Waals surface area contributed by atoms with Crippen LogP contribution in [0.2, 0.25) is 0 Å². The fourth-order valence-corrected chi connectivity index (χ4v) is 4.99. The summed E-state index contributed by atoms with van der Waals surface area (Å²) in [5, 5.41) is 18.2. The van der Waals surface area contributed by atoms with Crippen molar-refractivity contribution in [3.05, 3.63) is 64.3 Å². The Hall–Kier alpha value is -3.32. The molecule has 32 heavy (non-hydrogen) atoms. The molecule has 2 N–H and O–H groups in total. The molecule has 0 radical (unpaired) electrons. The third-order valence-electron chi connectivity index (χ3n) is 6.39. The second kappa shape index (κ2) is 7.98. The lowest BCUT2D eigenvalue weighted by Gasteiger charge is -2.29. The molecule has 0 aliphatic carbocycles. The average molecular weight is 434 g/mol. The topological polar surface area (TPSA) is 87.7 Å². The summed E-state index contributed by atoms with van der Waals surface area (Å²) >= 11 is 0. The van der Waals surface area contributed by atoms with E-state index in [1.54, 1.807) is 13.2 Å². The van der Waals surface area contributed by atoms with E-state index in [-0.39, 0.29) is 23.8 Å². The van der Waals surface area contributed by atoms with Gasteiger partial charge in [-0.15, -0.1) is 0 Å². The largest absolute Gasteiger partial charge is 0.507 e. The molecule has 1 aromatic heterocycles. The smallest absolute Gasteiger partial charge is 0.273 e. The fraction of sp³-hybridized carbons (Fsp3) is 0.360. The van der Waals surface area contributed by atoms with Gasteiger partial charge in [-0.3, -0.25) is 9.89 Å². The summed E-state index contributed by atoms with van der Waals surface area (Å²) in [6.45, 7) is 5.12. The summed E-state index contributed by atoms with van der Waals surface area (Å²) in [5.74, 6) is 0.775. The van der Waals surface area contributed by atoms with E-state index in [0.29, 0.717) is 23.5 Å². The zero-order valence-corrected chi connectivity index (χ0v) is 18.5. The van der Waals surface area contributed by atoms with Gasteiger partial charge in [0.05, 0.1) is 19.3 Å². The zero-order valence-electron chi connectivity index (χ0n) is 18.5. The van der Waals surface area contributed by atoms with Gasteiger partial charge in [0, 0.05) is 24.3 Å². The van der Waals surface area contributed by atoms with Crippen LogP contribution in [0.1, 0.15) is 51.6 Å². The van der Waals surface area contributed by atoms with Crippen molar-refractivity contribution < 1.29 is 19.4 Å². The molecule has 2 aliphatic heterocycles. The van der Waals surface area contributed by atoms with Gasteiger partial charge in [-0.2, -0.15) is 5.10 Å². The number of amides is 1. The average Bonchev–Trinajstić information content (AvgIpc) is 3.48. The van der Waals surface area contributed by atoms with Gasteiger partial charge >= 0.3 is 0 Å². The summed E-state index contributed by atoms with van der Waals surface area (Å²) < 4.78 is 11.3. The number of ether oxygens (including phenoxy) is 2. The third-order valence-corrected chi connectivity index (χ3v) is 6.39. The number of hydrogen-bond acceptors (Lipinski definition) is 5. The molecular formula is C25H27N3O4. The van der Waals surface area contributed by atoms with Gasteiger partial charge < -0.3 is 19.5 Å². The molecule has 3 aromatic rings. The van der Waals surface area contributed by atoms with Crippen LogP contribution in [0.5, 0.6) is 11.5 Å². The maximum atomic E-state index is 13.5. The Labute approximate surface area is 187 Å². The highest BCUT2D eigenvalue weighted by molar-refractivity contribution is 6.00. The summed E-state index contributed by atoms with van der Waals surface area (Å²) in [7, 11) is 1.63. The van der Waals surface area contributed by atoms with E-state index in [4.69, 9.17) is 9.47 Å². The molecule has 2 atom stereocenters. The normalized spacial score (nSPS) is 20.1. The first kappa shape index (κ1) is 20.6. The predicted octanol–water partition coefficient (Wildman–Crippen LogP) is 4.13. The molecule has 7 nitrogen and oxygen atoms in total. The van der Waals surface area contributed by atoms with Crippen LogP contribution in [-0.4, -0.2) is 52.5 Å². The molecule has 1 fully saturated rings. The Bertz CT molecular complexity index is 1160. The van der Waals surface area contributed by atoms with Crippen molar-refractivity contribution in [3.63, 3.8) is 0 Å². The maximum absolute atomic E-state index is 13.5. The highest BCUT2D eigenvalue weighted by Gasteiger charge is 2.44. The van der Waals surface area contributed by atoms with E-state index in [9.17, 15) is 9.90 Å². The van der Waals surface area contributed by atoms with Gasteiger partial charge in [-0.1, -0.05) is 18.2 Å². The van der Waals surface area contributed by atoms with Crippen molar-refractivity contribution in [2.45, 2.75) is 38.8 Å². The minimum Gasteiger partial charge on any atom is -0.507 e. The van der Waals surface area contributed by atoms with E-state index in [2.05, 4.69) is 10.2 Å². The molecule has 0 spiro atoms. The molecule has 1 amide bonds. The number of aryl methyl sites for hydroxylation is 2. The minimum atomic E-state index is -0.356. The number of benzene rings is 2. The molecular weight excluding hydrogens is 406 g/mol. The number of nitrogens with one attached hydrogen (secondary N) is 1. The Morgan fingerprint density at radius 2 is 2.12 bits per heavy atom. The minimum absolute atomic E-state index is 0.0157. The van der Waals surface area contributed by atoms with E-state index < -0.39 is 0 Å². The zero-order chi connectivity index (χ0) is 22.4. The molecule has 3 heterocycles. The number of methoxy groups -OCH3 is 1. The molecule has 1 saturated heterocycles. The molecule has 7 heteroatoms. The number of carbonyl (C=O) groups is 1. The molecule has 0 saturated carbocycles. The summed E-state index contributed by atoms with van der Waals surface area (Å²) in [5.41, 5.74) is 5.30. The van der Waals surface area contributed by atoms with Crippen LogP contribution in [0.3, 0.4) is 0 Å². The van der Waals surface area contributed by atoms with Crippen LogP contribution in [-0.2, 0) is 4.74 Å². The molecule has 166 valence electrons. The Kier molecular flexibility index (Phi) is 5.13. The molecule has 2 unspecified atom stereocenters. The van der Waals surface area contributed by atoms with Gasteiger partial charge in [0.1, 0.15) is 22.9 Å². The number of nitrogens with zero attached hydrogens (tertiary/aromatic N) is 2. The van der Waals surface area contributed by atoms with E-state index in [1.807, 2.05) is 49.1 Å². The molecule has 2 aliphatic rings. The highest BCUT2D eigenvalue weighted by Crippen LogP contribution is 2.46. The van der Waals surface area contributed by atoms with Crippen molar-refractivity contribution in [1.29, 1.82) is 0 Å². The number of aromatic nitrogens is 2. The molecule has 0 bridgehead atoms. The number of aromatic amines is 1. The lowest BCUT2D eigenvalue weighted by molar-refractivity contribution is 0.0495. The second-order valence-corrected chi connectivity index (χ2v) is 8.61. The van der Waals surface area contributed by atoms with Gasteiger partial charge in [0.2, 0.25) is 0 Å². The van der Waals surface area contributed by atoms with Crippen LogP contribution in [0.25, 0.3) is 11.3 Å². The van der Waals surface area contributed by atoms with Crippen molar-refractivity contribution >= 4 is 5.91 Å². The Morgan fingerprint density at radius 1 is 1.28 bits per heavy atom. The number of rotatable bonds is 5. The second-order valence-electron chi connectivity index (χ2n) is 8.61. The first-order valence-electron chi connectivity index (χ1n) is 10.9. The summed E-state index contributed by atoms with van der Waals surface area (Å²) in [6, 6.07) is 11.1. The number of fused-ring (bicyclic) bond motifs is 1. The monoisotopic (exact) mass is 433 g/mol. The Morgan fingerprint density at radius 3 is 2.84 bits per heavy atom. The van der Waals surface area contributed by atoms with Crippen molar-refractivity contribution in [2.75, 3.05) is 20.3 Å². The quantitative estimate of drug-likeness (QED) is 0.632. The van der Waals surface area contributed by atoms with Crippen LogP contribution in [0, 0.1) is 13.8 Å². The SMILES string of the molecule is COc1cccc(C2c3c(-c4c(C)cc(C)cc4O)n[nH]c3C(=O)N2CC2CCCO2)c1. The van der Waals surface area contributed by atoms with E-state index in [0.717, 1.165) is 47.5 Å². The van der Waals surface area contributed by atoms with E-state index >= 15 is 0 Å². The van der Waals surface area contributed by atoms with Crippen LogP contribution < -0.4 is 4.74 Å². The first-order chi connectivity index (χ1) is 15.5. The van der Waals surface area contributed by atoms with Gasteiger partial charge in [-0.25, -0.2) is 0 Å². The van der Waals surface area contributed by atoms with Gasteiger partial charge in [0.25, 0.3) is 5.91 Å². The van der Waals surface area contributed by atoms with Gasteiger partial charge in [-0.05, 0) is 61.6 Å².